The molecule has 0 saturated heterocycles. The summed E-state index contributed by atoms with van der Waals surface area (Å²) in [7, 11) is 0. The number of esters is 1. The molecule has 0 atom stereocenters. The molecule has 0 radical (unpaired) electrons. The smallest absolute Gasteiger partial charge is 0.361 e. The normalized spacial score (nSPS) is 10.4. The van der Waals surface area contributed by atoms with Gasteiger partial charge in [-0.1, -0.05) is 35.5 Å². The fourth-order valence-corrected chi connectivity index (χ4v) is 1.63. The minimum Gasteiger partial charge on any atom is -0.456 e. The molecule has 0 aliphatic carbocycles. The molecule has 5 nitrogen and oxygen atoms in total. The Balaban J connectivity index is 2.00. The van der Waals surface area contributed by atoms with Gasteiger partial charge in [0.1, 0.15) is 13.3 Å². The molecule has 1 aromatic heterocycles. The highest BCUT2D eigenvalue weighted by Crippen LogP contribution is 2.08. The summed E-state index contributed by atoms with van der Waals surface area (Å²) < 4.78 is 18.7. The average Bonchev–Trinajstić information content (AvgIpc) is 2.79. The third kappa shape index (κ3) is 3.15. The summed E-state index contributed by atoms with van der Waals surface area (Å²) in [6.45, 7) is 1.37. The molecule has 1 heterocycles. The Morgan fingerprint density at radius 2 is 2.11 bits per heavy atom. The van der Waals surface area contributed by atoms with E-state index in [0.717, 1.165) is 5.56 Å². The van der Waals surface area contributed by atoms with E-state index in [0.29, 0.717) is 5.69 Å². The zero-order chi connectivity index (χ0) is 13.7. The van der Waals surface area contributed by atoms with Crippen molar-refractivity contribution in [2.45, 2.75) is 20.1 Å². The van der Waals surface area contributed by atoms with Crippen molar-refractivity contribution in [3.63, 3.8) is 0 Å². The molecular weight excluding hydrogens is 249 g/mol. The van der Waals surface area contributed by atoms with Crippen molar-refractivity contribution in [3.8, 4) is 0 Å². The van der Waals surface area contributed by atoms with E-state index in [1.807, 2.05) is 30.3 Å². The van der Waals surface area contributed by atoms with Crippen molar-refractivity contribution in [2.24, 2.45) is 0 Å². The lowest BCUT2D eigenvalue weighted by atomic mass is 10.2. The number of ether oxygens (including phenoxy) is 1. The van der Waals surface area contributed by atoms with Gasteiger partial charge in [0, 0.05) is 0 Å². The van der Waals surface area contributed by atoms with Crippen LogP contribution in [0.1, 0.15) is 21.7 Å². The van der Waals surface area contributed by atoms with Gasteiger partial charge in [0.15, 0.2) is 5.69 Å². The molecule has 0 aliphatic heterocycles. The lowest BCUT2D eigenvalue weighted by molar-refractivity contribution is 0.0464. The van der Waals surface area contributed by atoms with Crippen molar-refractivity contribution < 1.29 is 13.9 Å². The summed E-state index contributed by atoms with van der Waals surface area (Å²) >= 11 is 0. The van der Waals surface area contributed by atoms with E-state index in [-0.39, 0.29) is 18.8 Å². The highest BCUT2D eigenvalue weighted by Gasteiger charge is 2.17. The molecule has 1 aromatic carbocycles. The van der Waals surface area contributed by atoms with Crippen LogP contribution in [0.25, 0.3) is 0 Å². The Kier molecular flexibility index (Phi) is 4.22. The second kappa shape index (κ2) is 6.08. The topological polar surface area (TPSA) is 57.0 Å². The quantitative estimate of drug-likeness (QED) is 0.773. The number of benzene rings is 1. The standard InChI is InChI=1S/C13H14FN3O2/c1-10-12(15-16-17(10)8-7-14)13(18)19-9-11-5-3-2-4-6-11/h2-6H,7-9H2,1H3. The van der Waals surface area contributed by atoms with Crippen LogP contribution in [0.15, 0.2) is 30.3 Å². The molecule has 0 N–H and O–H groups in total. The van der Waals surface area contributed by atoms with Crippen LogP contribution in [-0.4, -0.2) is 27.6 Å². The third-order valence-corrected chi connectivity index (χ3v) is 2.68. The zero-order valence-electron chi connectivity index (χ0n) is 10.5. The monoisotopic (exact) mass is 263 g/mol. The first kappa shape index (κ1) is 13.2. The number of carbonyl (C=O) groups is 1. The molecule has 0 amide bonds. The summed E-state index contributed by atoms with van der Waals surface area (Å²) in [6.07, 6.45) is 0. The maximum atomic E-state index is 12.2. The Labute approximate surface area is 110 Å². The van der Waals surface area contributed by atoms with Gasteiger partial charge in [0.05, 0.1) is 12.2 Å². The summed E-state index contributed by atoms with van der Waals surface area (Å²) in [4.78, 5) is 11.8. The zero-order valence-corrected chi connectivity index (χ0v) is 10.5. The number of aromatic nitrogens is 3. The van der Waals surface area contributed by atoms with Crippen LogP contribution in [-0.2, 0) is 17.9 Å². The van der Waals surface area contributed by atoms with Gasteiger partial charge in [-0.25, -0.2) is 13.9 Å². The lowest BCUT2D eigenvalue weighted by Crippen LogP contribution is -2.09. The molecule has 0 bridgehead atoms. The Morgan fingerprint density at radius 3 is 2.79 bits per heavy atom. The molecule has 0 saturated carbocycles. The van der Waals surface area contributed by atoms with Crippen molar-refractivity contribution in [3.05, 3.63) is 47.3 Å². The predicted octanol–water partition coefficient (Wildman–Crippen LogP) is 1.91. The van der Waals surface area contributed by atoms with E-state index < -0.39 is 12.6 Å². The van der Waals surface area contributed by atoms with E-state index in [9.17, 15) is 9.18 Å². The number of nitrogens with zero attached hydrogens (tertiary/aromatic N) is 3. The highest BCUT2D eigenvalue weighted by molar-refractivity contribution is 5.88. The fraction of sp³-hybridized carbons (Fsp3) is 0.308. The van der Waals surface area contributed by atoms with E-state index in [4.69, 9.17) is 4.74 Å². The number of hydrogen-bond donors (Lipinski definition) is 0. The van der Waals surface area contributed by atoms with Crippen LogP contribution in [0, 0.1) is 6.92 Å². The summed E-state index contributed by atoms with van der Waals surface area (Å²) in [5.41, 5.74) is 1.53. The lowest BCUT2D eigenvalue weighted by Gasteiger charge is -2.03. The summed E-state index contributed by atoms with van der Waals surface area (Å²) in [6, 6.07) is 9.34. The highest BCUT2D eigenvalue weighted by atomic mass is 19.1. The molecule has 6 heteroatoms. The van der Waals surface area contributed by atoms with Crippen LogP contribution in [0.2, 0.25) is 0 Å². The summed E-state index contributed by atoms with van der Waals surface area (Å²) in [5.74, 6) is -0.550. The first-order valence-electron chi connectivity index (χ1n) is 5.89. The number of aryl methyl sites for hydroxylation is 1. The Hall–Kier alpha value is -2.24. The van der Waals surface area contributed by atoms with Crippen LogP contribution < -0.4 is 0 Å². The van der Waals surface area contributed by atoms with Crippen molar-refractivity contribution >= 4 is 5.97 Å². The maximum absolute atomic E-state index is 12.2. The summed E-state index contributed by atoms with van der Waals surface area (Å²) in [5, 5.41) is 7.43. The minimum atomic E-state index is -0.553. The van der Waals surface area contributed by atoms with Crippen LogP contribution in [0.4, 0.5) is 4.39 Å². The molecule has 0 spiro atoms. The van der Waals surface area contributed by atoms with Gasteiger partial charge in [-0.2, -0.15) is 0 Å². The van der Waals surface area contributed by atoms with Gasteiger partial charge >= 0.3 is 5.97 Å². The number of alkyl halides is 1. The first-order chi connectivity index (χ1) is 9.22. The number of hydrogen-bond acceptors (Lipinski definition) is 4. The van der Waals surface area contributed by atoms with Crippen molar-refractivity contribution in [1.29, 1.82) is 0 Å². The van der Waals surface area contributed by atoms with Crippen LogP contribution in [0.3, 0.4) is 0 Å². The Morgan fingerprint density at radius 1 is 1.37 bits per heavy atom. The van der Waals surface area contributed by atoms with E-state index in [1.165, 1.54) is 4.68 Å². The van der Waals surface area contributed by atoms with Gasteiger partial charge in [-0.05, 0) is 12.5 Å². The molecule has 100 valence electrons. The Bertz CT molecular complexity index is 554. The van der Waals surface area contributed by atoms with Gasteiger partial charge in [-0.3, -0.25) is 0 Å². The molecule has 2 aromatic rings. The average molecular weight is 263 g/mol. The third-order valence-electron chi connectivity index (χ3n) is 2.68. The predicted molar refractivity (Wildman–Crippen MR) is 66.3 cm³/mol. The molecule has 0 unspecified atom stereocenters. The minimum absolute atomic E-state index is 0.0881. The first-order valence-corrected chi connectivity index (χ1v) is 5.89. The molecular formula is C13H14FN3O2. The number of carbonyl (C=O) groups excluding carboxylic acids is 1. The van der Waals surface area contributed by atoms with Gasteiger partial charge < -0.3 is 4.74 Å². The van der Waals surface area contributed by atoms with Crippen molar-refractivity contribution in [1.82, 2.24) is 15.0 Å². The second-order valence-electron chi connectivity index (χ2n) is 4.00. The molecule has 0 fully saturated rings. The molecule has 19 heavy (non-hydrogen) atoms. The second-order valence-corrected chi connectivity index (χ2v) is 4.00. The number of rotatable bonds is 5. The largest absolute Gasteiger partial charge is 0.456 e. The van der Waals surface area contributed by atoms with E-state index >= 15 is 0 Å². The maximum Gasteiger partial charge on any atom is 0.361 e. The van der Waals surface area contributed by atoms with Gasteiger partial charge in [0.25, 0.3) is 0 Å². The van der Waals surface area contributed by atoms with Crippen LogP contribution in [0.5, 0.6) is 0 Å². The van der Waals surface area contributed by atoms with E-state index in [2.05, 4.69) is 10.3 Å². The van der Waals surface area contributed by atoms with Gasteiger partial charge in [-0.15, -0.1) is 5.10 Å². The SMILES string of the molecule is Cc1c(C(=O)OCc2ccccc2)nnn1CCF. The molecule has 2 rings (SSSR count). The van der Waals surface area contributed by atoms with E-state index in [1.54, 1.807) is 6.92 Å². The van der Waals surface area contributed by atoms with Crippen LogP contribution >= 0.6 is 0 Å². The molecule has 0 aliphatic rings. The number of halogens is 1. The van der Waals surface area contributed by atoms with Crippen molar-refractivity contribution in [2.75, 3.05) is 6.67 Å². The van der Waals surface area contributed by atoms with Gasteiger partial charge in [0.2, 0.25) is 0 Å². The fourth-order valence-electron chi connectivity index (χ4n) is 1.63.